The van der Waals surface area contributed by atoms with Gasteiger partial charge < -0.3 is 17.0 Å². The van der Waals surface area contributed by atoms with Crippen LogP contribution in [0.1, 0.15) is 25.0 Å². The van der Waals surface area contributed by atoms with Crippen molar-refractivity contribution in [2.75, 3.05) is 18.0 Å². The van der Waals surface area contributed by atoms with Crippen molar-refractivity contribution in [3.63, 3.8) is 0 Å². The van der Waals surface area contributed by atoms with E-state index in [2.05, 4.69) is 78.2 Å². The van der Waals surface area contributed by atoms with E-state index in [-0.39, 0.29) is 17.0 Å². The van der Waals surface area contributed by atoms with Crippen LogP contribution in [0, 0.1) is 0 Å². The molecule has 2 aromatic rings. The Morgan fingerprint density at radius 1 is 0.864 bits per heavy atom. The van der Waals surface area contributed by atoms with Crippen LogP contribution in [0.25, 0.3) is 0 Å². The van der Waals surface area contributed by atoms with Gasteiger partial charge in [0.2, 0.25) is 6.34 Å². The van der Waals surface area contributed by atoms with Crippen molar-refractivity contribution in [2.45, 2.75) is 26.7 Å². The number of rotatable bonds is 4. The molecule has 0 aliphatic carbocycles. The predicted molar refractivity (Wildman–Crippen MR) is 89.8 cm³/mol. The minimum Gasteiger partial charge on any atom is -1.00 e. The maximum absolute atomic E-state index is 2.33. The molecule has 2 aromatic carbocycles. The number of aryl methyl sites for hydroxylation is 2. The first kappa shape index (κ1) is 16.8. The predicted octanol–water partition coefficient (Wildman–Crippen LogP) is 1.01. The molecular weight excluding hydrogens is 336 g/mol. The lowest BCUT2D eigenvalue weighted by atomic mass is 10.1. The van der Waals surface area contributed by atoms with E-state index in [1.165, 1.54) is 22.5 Å². The van der Waals surface area contributed by atoms with Crippen molar-refractivity contribution >= 4 is 17.7 Å². The van der Waals surface area contributed by atoms with Crippen LogP contribution in [0.2, 0.25) is 0 Å². The zero-order valence-electron chi connectivity index (χ0n) is 13.3. The molecule has 22 heavy (non-hydrogen) atoms. The summed E-state index contributed by atoms with van der Waals surface area (Å²) in [5.74, 6) is 0. The zero-order chi connectivity index (χ0) is 14.7. The average molecular weight is 359 g/mol. The molecule has 3 rings (SSSR count). The fraction of sp³-hybridized carbons (Fsp3) is 0.316. The summed E-state index contributed by atoms with van der Waals surface area (Å²) in [5, 5.41) is 0. The third kappa shape index (κ3) is 3.58. The van der Waals surface area contributed by atoms with Gasteiger partial charge in [-0.3, -0.25) is 0 Å². The molecule has 0 saturated carbocycles. The van der Waals surface area contributed by atoms with Gasteiger partial charge in [0.15, 0.2) is 0 Å². The Labute approximate surface area is 143 Å². The molecule has 0 radical (unpaired) electrons. The summed E-state index contributed by atoms with van der Waals surface area (Å²) < 4.78 is 2.33. The molecule has 0 unspecified atom stereocenters. The first-order valence-electron chi connectivity index (χ1n) is 7.86. The van der Waals surface area contributed by atoms with Gasteiger partial charge in [0.05, 0.1) is 0 Å². The van der Waals surface area contributed by atoms with Gasteiger partial charge in [-0.05, 0) is 48.2 Å². The van der Waals surface area contributed by atoms with Crippen molar-refractivity contribution in [2.24, 2.45) is 0 Å². The summed E-state index contributed by atoms with van der Waals surface area (Å²) >= 11 is 0. The lowest BCUT2D eigenvalue weighted by molar-refractivity contribution is -0.424. The van der Waals surface area contributed by atoms with Gasteiger partial charge in [-0.2, -0.15) is 0 Å². The van der Waals surface area contributed by atoms with Gasteiger partial charge in [-0.1, -0.05) is 38.1 Å². The quantitative estimate of drug-likeness (QED) is 0.739. The van der Waals surface area contributed by atoms with Crippen LogP contribution in [-0.4, -0.2) is 24.0 Å². The highest BCUT2D eigenvalue weighted by atomic mass is 79.9. The van der Waals surface area contributed by atoms with Gasteiger partial charge in [-0.25, -0.2) is 9.48 Å². The molecule has 0 spiro atoms. The summed E-state index contributed by atoms with van der Waals surface area (Å²) in [6.07, 6.45) is 4.42. The number of nitrogens with zero attached hydrogens (tertiary/aromatic N) is 2. The largest absolute Gasteiger partial charge is 1.00 e. The molecule has 116 valence electrons. The highest BCUT2D eigenvalue weighted by Gasteiger charge is 2.22. The minimum atomic E-state index is 0. The van der Waals surface area contributed by atoms with Crippen LogP contribution in [0.15, 0.2) is 48.5 Å². The molecule has 3 heteroatoms. The SMILES string of the molecule is CCc1ccc(N2C=[N+](c3ccc(CC)cc3)CC2)cc1.[Br-]. The van der Waals surface area contributed by atoms with Gasteiger partial charge in [0.25, 0.3) is 0 Å². The zero-order valence-corrected chi connectivity index (χ0v) is 14.9. The number of hydrogen-bond acceptors (Lipinski definition) is 1. The van der Waals surface area contributed by atoms with Crippen molar-refractivity contribution in [3.05, 3.63) is 59.7 Å². The standard InChI is InChI=1S/C19H23N2.BrH/c1-3-16-5-9-18(10-6-16)20-13-14-21(15-20)19-11-7-17(4-2)8-12-19;/h5-12,15H,3-4,13-14H2,1-2H3;1H/q+1;/p-1. The average Bonchev–Trinajstić information content (AvgIpc) is 3.05. The van der Waals surface area contributed by atoms with Crippen molar-refractivity contribution in [1.82, 2.24) is 0 Å². The molecular formula is C19H23BrN2. The fourth-order valence-electron chi connectivity index (χ4n) is 2.74. The Hall–Kier alpha value is -1.61. The first-order valence-corrected chi connectivity index (χ1v) is 7.86. The van der Waals surface area contributed by atoms with Crippen LogP contribution in [0.5, 0.6) is 0 Å². The molecule has 0 bridgehead atoms. The Kier molecular flexibility index (Phi) is 5.78. The van der Waals surface area contributed by atoms with Crippen LogP contribution in [-0.2, 0) is 12.8 Å². The summed E-state index contributed by atoms with van der Waals surface area (Å²) in [6, 6.07) is 17.8. The molecule has 1 aliphatic heterocycles. The van der Waals surface area contributed by atoms with E-state index in [1.807, 2.05) is 0 Å². The Morgan fingerprint density at radius 3 is 1.95 bits per heavy atom. The monoisotopic (exact) mass is 358 g/mol. The molecule has 1 aliphatic rings. The summed E-state index contributed by atoms with van der Waals surface area (Å²) in [5.41, 5.74) is 5.34. The normalized spacial score (nSPS) is 13.7. The van der Waals surface area contributed by atoms with Crippen LogP contribution in [0.4, 0.5) is 11.4 Å². The molecule has 0 saturated heterocycles. The summed E-state index contributed by atoms with van der Waals surface area (Å²) in [6.45, 7) is 6.47. The van der Waals surface area contributed by atoms with Crippen LogP contribution < -0.4 is 21.9 Å². The second-order valence-corrected chi connectivity index (χ2v) is 5.54. The molecule has 0 aromatic heterocycles. The van der Waals surface area contributed by atoms with Gasteiger partial charge in [0.1, 0.15) is 24.5 Å². The van der Waals surface area contributed by atoms with E-state index in [0.29, 0.717) is 0 Å². The van der Waals surface area contributed by atoms with Crippen LogP contribution >= 0.6 is 0 Å². The van der Waals surface area contributed by atoms with Crippen molar-refractivity contribution in [3.8, 4) is 0 Å². The van der Waals surface area contributed by atoms with Gasteiger partial charge in [-0.15, -0.1) is 0 Å². The van der Waals surface area contributed by atoms with Gasteiger partial charge >= 0.3 is 0 Å². The highest BCUT2D eigenvalue weighted by Crippen LogP contribution is 2.20. The first-order chi connectivity index (χ1) is 10.3. The smallest absolute Gasteiger partial charge is 0.244 e. The van der Waals surface area contributed by atoms with E-state index in [1.54, 1.807) is 0 Å². The summed E-state index contributed by atoms with van der Waals surface area (Å²) in [7, 11) is 0. The van der Waals surface area contributed by atoms with E-state index in [0.717, 1.165) is 25.9 Å². The molecule has 0 fully saturated rings. The van der Waals surface area contributed by atoms with E-state index in [4.69, 9.17) is 0 Å². The number of anilines is 1. The molecule has 0 amide bonds. The molecule has 1 heterocycles. The number of halogens is 1. The van der Waals surface area contributed by atoms with Crippen LogP contribution in [0.3, 0.4) is 0 Å². The molecule has 2 nitrogen and oxygen atoms in total. The third-order valence-corrected chi connectivity index (χ3v) is 4.21. The lowest BCUT2D eigenvalue weighted by Crippen LogP contribution is -3.00. The van der Waals surface area contributed by atoms with E-state index in [9.17, 15) is 0 Å². The van der Waals surface area contributed by atoms with Crippen molar-refractivity contribution in [1.29, 1.82) is 0 Å². The lowest BCUT2D eigenvalue weighted by Gasteiger charge is -2.06. The highest BCUT2D eigenvalue weighted by molar-refractivity contribution is 5.78. The van der Waals surface area contributed by atoms with Gasteiger partial charge in [0, 0.05) is 0 Å². The maximum Gasteiger partial charge on any atom is 0.244 e. The van der Waals surface area contributed by atoms with E-state index < -0.39 is 0 Å². The number of hydrogen-bond donors (Lipinski definition) is 0. The second kappa shape index (κ2) is 7.59. The third-order valence-electron chi connectivity index (χ3n) is 4.21. The second-order valence-electron chi connectivity index (χ2n) is 5.54. The summed E-state index contributed by atoms with van der Waals surface area (Å²) in [4.78, 5) is 2.33. The van der Waals surface area contributed by atoms with Crippen molar-refractivity contribution < 1.29 is 21.6 Å². The minimum absolute atomic E-state index is 0. The fourth-order valence-corrected chi connectivity index (χ4v) is 2.74. The Balaban J connectivity index is 0.00000176. The van der Waals surface area contributed by atoms with E-state index >= 15 is 0 Å². The maximum atomic E-state index is 2.33. The number of benzene rings is 2. The molecule has 0 atom stereocenters. The Morgan fingerprint density at radius 2 is 1.41 bits per heavy atom. The topological polar surface area (TPSA) is 6.25 Å². The molecule has 0 N–H and O–H groups in total. The Bertz CT molecular complexity index is 629.